The first-order chi connectivity index (χ1) is 13.4. The summed E-state index contributed by atoms with van der Waals surface area (Å²) >= 11 is 0.989. The molecule has 2 aromatic carbocycles. The molecule has 1 aromatic heterocycles. The molecule has 0 bridgehead atoms. The average molecular weight is 409 g/mol. The molecule has 1 N–H and O–H groups in total. The standard InChI is InChI=1S/C17H10F3N3O4S/c18-10-3-1-9(2-4-10)15-22-23-16(25-15)28-8-14(24)21-11-5-6-12-13(7-11)27-17(19,20)26-12/h1-7H,8H2,(H,21,24). The van der Waals surface area contributed by atoms with Crippen molar-refractivity contribution >= 4 is 23.4 Å². The van der Waals surface area contributed by atoms with Gasteiger partial charge in [0.2, 0.25) is 11.8 Å². The van der Waals surface area contributed by atoms with Gasteiger partial charge in [-0.15, -0.1) is 19.0 Å². The van der Waals surface area contributed by atoms with Gasteiger partial charge in [0, 0.05) is 17.3 Å². The van der Waals surface area contributed by atoms with Crippen LogP contribution in [0.5, 0.6) is 11.5 Å². The van der Waals surface area contributed by atoms with Crippen LogP contribution in [0.15, 0.2) is 52.1 Å². The van der Waals surface area contributed by atoms with E-state index in [0.29, 0.717) is 5.56 Å². The number of ether oxygens (including phenoxy) is 2. The molecule has 0 aliphatic carbocycles. The fraction of sp³-hybridized carbons (Fsp3) is 0.118. The molecule has 0 radical (unpaired) electrons. The van der Waals surface area contributed by atoms with Crippen LogP contribution in [0.4, 0.5) is 18.9 Å². The van der Waals surface area contributed by atoms with Gasteiger partial charge < -0.3 is 19.2 Å². The van der Waals surface area contributed by atoms with Crippen molar-refractivity contribution in [2.45, 2.75) is 11.5 Å². The smallest absolute Gasteiger partial charge is 0.411 e. The molecule has 1 aliphatic heterocycles. The van der Waals surface area contributed by atoms with Gasteiger partial charge in [-0.1, -0.05) is 11.8 Å². The summed E-state index contributed by atoms with van der Waals surface area (Å²) in [6.45, 7) is 0. The number of benzene rings is 2. The monoisotopic (exact) mass is 409 g/mol. The number of hydrogen-bond acceptors (Lipinski definition) is 7. The minimum absolute atomic E-state index is 0.0599. The van der Waals surface area contributed by atoms with Crippen molar-refractivity contribution in [3.8, 4) is 23.0 Å². The van der Waals surface area contributed by atoms with Gasteiger partial charge in [-0.2, -0.15) is 0 Å². The van der Waals surface area contributed by atoms with E-state index in [2.05, 4.69) is 25.0 Å². The quantitative estimate of drug-likeness (QED) is 0.639. The van der Waals surface area contributed by atoms with Crippen LogP contribution in [0.2, 0.25) is 0 Å². The highest BCUT2D eigenvalue weighted by Gasteiger charge is 2.43. The van der Waals surface area contributed by atoms with E-state index < -0.39 is 12.2 Å². The van der Waals surface area contributed by atoms with Gasteiger partial charge >= 0.3 is 6.29 Å². The molecule has 2 heterocycles. The van der Waals surface area contributed by atoms with Crippen LogP contribution in [-0.4, -0.2) is 28.2 Å². The number of nitrogens with one attached hydrogen (secondary N) is 1. The van der Waals surface area contributed by atoms with E-state index in [1.807, 2.05) is 0 Å². The molecule has 0 unspecified atom stereocenters. The predicted molar refractivity (Wildman–Crippen MR) is 91.7 cm³/mol. The van der Waals surface area contributed by atoms with E-state index in [4.69, 9.17) is 4.42 Å². The molecule has 0 saturated heterocycles. The fourth-order valence-corrected chi connectivity index (χ4v) is 2.89. The highest BCUT2D eigenvalue weighted by molar-refractivity contribution is 7.99. The summed E-state index contributed by atoms with van der Waals surface area (Å²) in [6.07, 6.45) is -3.72. The number of halogens is 3. The van der Waals surface area contributed by atoms with Gasteiger partial charge in [0.25, 0.3) is 5.22 Å². The molecule has 0 saturated carbocycles. The first-order valence-electron chi connectivity index (χ1n) is 7.80. The Balaban J connectivity index is 1.34. The van der Waals surface area contributed by atoms with Crippen LogP contribution in [0.25, 0.3) is 11.5 Å². The highest BCUT2D eigenvalue weighted by atomic mass is 32.2. The van der Waals surface area contributed by atoms with E-state index in [1.165, 1.54) is 42.5 Å². The third kappa shape index (κ3) is 4.03. The molecule has 1 amide bonds. The number of rotatable bonds is 5. The van der Waals surface area contributed by atoms with Crippen LogP contribution in [-0.2, 0) is 4.79 Å². The summed E-state index contributed by atoms with van der Waals surface area (Å²) in [7, 11) is 0. The maximum absolute atomic E-state index is 13.0. The number of thioether (sulfide) groups is 1. The average Bonchev–Trinajstić information content (AvgIpc) is 3.23. The number of anilines is 1. The molecule has 1 aliphatic rings. The molecule has 0 atom stereocenters. The van der Waals surface area contributed by atoms with Crippen LogP contribution in [0, 0.1) is 5.82 Å². The predicted octanol–water partition coefficient (Wildman–Crippen LogP) is 3.93. The largest absolute Gasteiger partial charge is 0.586 e. The minimum atomic E-state index is -3.72. The second-order valence-electron chi connectivity index (χ2n) is 5.55. The molecule has 144 valence electrons. The van der Waals surface area contributed by atoms with Gasteiger partial charge in [-0.05, 0) is 36.4 Å². The number of carbonyl (C=O) groups is 1. The molecular weight excluding hydrogens is 399 g/mol. The zero-order valence-electron chi connectivity index (χ0n) is 13.8. The van der Waals surface area contributed by atoms with Gasteiger partial charge in [0.05, 0.1) is 5.75 Å². The van der Waals surface area contributed by atoms with E-state index in [0.717, 1.165) is 11.8 Å². The van der Waals surface area contributed by atoms with Crippen molar-refractivity contribution in [3.63, 3.8) is 0 Å². The number of aromatic nitrogens is 2. The van der Waals surface area contributed by atoms with Crippen LogP contribution >= 0.6 is 11.8 Å². The topological polar surface area (TPSA) is 86.5 Å². The minimum Gasteiger partial charge on any atom is -0.411 e. The van der Waals surface area contributed by atoms with Gasteiger partial charge in [-0.25, -0.2) is 4.39 Å². The third-order valence-corrected chi connectivity index (χ3v) is 4.33. The molecule has 11 heteroatoms. The molecular formula is C17H10F3N3O4S. The number of alkyl halides is 2. The Hall–Kier alpha value is -3.21. The van der Waals surface area contributed by atoms with Crippen molar-refractivity contribution in [2.24, 2.45) is 0 Å². The number of fused-ring (bicyclic) bond motifs is 1. The maximum Gasteiger partial charge on any atom is 0.586 e. The lowest BCUT2D eigenvalue weighted by atomic mass is 10.2. The fourth-order valence-electron chi connectivity index (χ4n) is 2.33. The summed E-state index contributed by atoms with van der Waals surface area (Å²) in [4.78, 5) is 12.0. The van der Waals surface area contributed by atoms with Crippen molar-refractivity contribution in [1.29, 1.82) is 0 Å². The molecule has 0 fully saturated rings. The van der Waals surface area contributed by atoms with Gasteiger partial charge in [0.1, 0.15) is 5.82 Å². The summed E-state index contributed by atoms with van der Waals surface area (Å²) in [5.41, 5.74) is 0.811. The SMILES string of the molecule is O=C(CSc1nnc(-c2ccc(F)cc2)o1)Nc1ccc2c(c1)OC(F)(F)O2. The molecule has 0 spiro atoms. The van der Waals surface area contributed by atoms with E-state index in [-0.39, 0.29) is 39.9 Å². The second-order valence-corrected chi connectivity index (χ2v) is 6.47. The Labute approximate surface area is 159 Å². The Kier molecular flexibility index (Phi) is 4.59. The van der Waals surface area contributed by atoms with Crippen molar-refractivity contribution in [3.05, 3.63) is 48.3 Å². The number of carbonyl (C=O) groups excluding carboxylic acids is 1. The molecule has 4 rings (SSSR count). The van der Waals surface area contributed by atoms with Crippen molar-refractivity contribution < 1.29 is 31.9 Å². The number of amides is 1. The van der Waals surface area contributed by atoms with Crippen LogP contribution in [0.3, 0.4) is 0 Å². The normalized spacial score (nSPS) is 14.1. The summed E-state index contributed by atoms with van der Waals surface area (Å²) < 4.78 is 53.0. The zero-order chi connectivity index (χ0) is 19.7. The van der Waals surface area contributed by atoms with Gasteiger partial charge in [0.15, 0.2) is 11.5 Å². The molecule has 28 heavy (non-hydrogen) atoms. The molecule has 7 nitrogen and oxygen atoms in total. The van der Waals surface area contributed by atoms with Gasteiger partial charge in [-0.3, -0.25) is 4.79 Å². The lowest BCUT2D eigenvalue weighted by molar-refractivity contribution is -0.286. The van der Waals surface area contributed by atoms with Crippen LogP contribution in [0.1, 0.15) is 0 Å². The first-order valence-corrected chi connectivity index (χ1v) is 8.78. The lowest BCUT2D eigenvalue weighted by Crippen LogP contribution is -2.25. The third-order valence-electron chi connectivity index (χ3n) is 3.51. The van der Waals surface area contributed by atoms with E-state index in [1.54, 1.807) is 0 Å². The van der Waals surface area contributed by atoms with Crippen LogP contribution < -0.4 is 14.8 Å². The Bertz CT molecular complexity index is 1030. The van der Waals surface area contributed by atoms with E-state index in [9.17, 15) is 18.0 Å². The number of nitrogens with zero attached hydrogens (tertiary/aromatic N) is 2. The Morgan fingerprint density at radius 3 is 2.61 bits per heavy atom. The maximum atomic E-state index is 13.0. The number of hydrogen-bond donors (Lipinski definition) is 1. The highest BCUT2D eigenvalue weighted by Crippen LogP contribution is 2.42. The summed E-state index contributed by atoms with van der Waals surface area (Å²) in [5, 5.41) is 10.3. The Morgan fingerprint density at radius 2 is 1.82 bits per heavy atom. The van der Waals surface area contributed by atoms with Crippen molar-refractivity contribution in [2.75, 3.05) is 11.1 Å². The van der Waals surface area contributed by atoms with Crippen molar-refractivity contribution in [1.82, 2.24) is 10.2 Å². The summed E-state index contributed by atoms with van der Waals surface area (Å²) in [5.74, 6) is -0.957. The first kappa shape index (κ1) is 18.2. The Morgan fingerprint density at radius 1 is 1.07 bits per heavy atom. The lowest BCUT2D eigenvalue weighted by Gasteiger charge is -2.05. The zero-order valence-corrected chi connectivity index (χ0v) is 14.6. The molecule has 3 aromatic rings. The second kappa shape index (κ2) is 7.08. The summed E-state index contributed by atoms with van der Waals surface area (Å²) in [6, 6.07) is 9.43. The van der Waals surface area contributed by atoms with E-state index >= 15 is 0 Å².